The molecule has 0 aliphatic heterocycles. The monoisotopic (exact) mass is 399 g/mol. The molecule has 0 saturated carbocycles. The Morgan fingerprint density at radius 1 is 0.800 bits per heavy atom. The molecule has 0 aliphatic carbocycles. The predicted molar refractivity (Wildman–Crippen MR) is 117 cm³/mol. The zero-order valence-corrected chi connectivity index (χ0v) is 17.0. The van der Waals surface area contributed by atoms with E-state index in [1.165, 1.54) is 0 Å². The van der Waals surface area contributed by atoms with Crippen LogP contribution in [0.4, 0.5) is 5.69 Å². The number of methoxy groups -OCH3 is 2. The SMILES string of the molecule is COc1ccc(C(=O)C(=C=O)C(=Nc2ccccc2C)c2ccc(OC)cc2)cc1. The molecule has 0 aliphatic rings. The fourth-order valence-corrected chi connectivity index (χ4v) is 2.91. The van der Waals surface area contributed by atoms with E-state index in [4.69, 9.17) is 9.47 Å². The van der Waals surface area contributed by atoms with Gasteiger partial charge in [0, 0.05) is 11.1 Å². The Morgan fingerprint density at radius 2 is 1.33 bits per heavy atom. The van der Waals surface area contributed by atoms with Crippen LogP contribution < -0.4 is 9.47 Å². The number of ketones is 1. The number of nitrogens with zero attached hydrogens (tertiary/aromatic N) is 1. The van der Waals surface area contributed by atoms with E-state index in [1.807, 2.05) is 37.1 Å². The van der Waals surface area contributed by atoms with Crippen LogP contribution in [0.15, 0.2) is 83.4 Å². The van der Waals surface area contributed by atoms with Crippen LogP contribution in [0.5, 0.6) is 11.5 Å². The third-order valence-electron chi connectivity index (χ3n) is 4.63. The zero-order chi connectivity index (χ0) is 21.5. The van der Waals surface area contributed by atoms with Gasteiger partial charge in [0.25, 0.3) is 0 Å². The quantitative estimate of drug-likeness (QED) is 0.248. The van der Waals surface area contributed by atoms with Gasteiger partial charge in [-0.05, 0) is 67.1 Å². The van der Waals surface area contributed by atoms with Crippen molar-refractivity contribution in [2.45, 2.75) is 6.92 Å². The second-order valence-electron chi connectivity index (χ2n) is 6.51. The molecule has 5 nitrogen and oxygen atoms in total. The van der Waals surface area contributed by atoms with Crippen molar-refractivity contribution in [3.63, 3.8) is 0 Å². The Kier molecular flexibility index (Phi) is 6.58. The van der Waals surface area contributed by atoms with E-state index in [-0.39, 0.29) is 11.3 Å². The van der Waals surface area contributed by atoms with Crippen molar-refractivity contribution in [2.24, 2.45) is 4.99 Å². The number of allylic oxidation sites excluding steroid dienone is 1. The lowest BCUT2D eigenvalue weighted by Crippen LogP contribution is -2.15. The van der Waals surface area contributed by atoms with E-state index in [1.54, 1.807) is 62.8 Å². The number of carbonyl (C=O) groups is 1. The second-order valence-corrected chi connectivity index (χ2v) is 6.51. The molecule has 150 valence electrons. The summed E-state index contributed by atoms with van der Waals surface area (Å²) in [6, 6.07) is 21.1. The van der Waals surface area contributed by atoms with Crippen LogP contribution in [0.25, 0.3) is 0 Å². The van der Waals surface area contributed by atoms with E-state index in [0.29, 0.717) is 28.3 Å². The molecule has 3 rings (SSSR count). The van der Waals surface area contributed by atoms with Crippen molar-refractivity contribution >= 4 is 23.1 Å². The molecular weight excluding hydrogens is 378 g/mol. The normalized spacial score (nSPS) is 10.8. The van der Waals surface area contributed by atoms with Crippen molar-refractivity contribution < 1.29 is 19.1 Å². The van der Waals surface area contributed by atoms with Crippen LogP contribution in [0.1, 0.15) is 21.5 Å². The first-order chi connectivity index (χ1) is 14.6. The summed E-state index contributed by atoms with van der Waals surface area (Å²) < 4.78 is 10.3. The number of aliphatic imine (C=N–C) groups is 1. The number of Topliss-reactive ketones (excluding diaryl/α,β-unsaturated/α-hetero) is 1. The van der Waals surface area contributed by atoms with E-state index < -0.39 is 5.78 Å². The highest BCUT2D eigenvalue weighted by molar-refractivity contribution is 6.37. The molecule has 0 unspecified atom stereocenters. The van der Waals surface area contributed by atoms with Crippen molar-refractivity contribution in [1.82, 2.24) is 0 Å². The largest absolute Gasteiger partial charge is 0.497 e. The summed E-state index contributed by atoms with van der Waals surface area (Å²) in [7, 11) is 3.12. The van der Waals surface area contributed by atoms with Gasteiger partial charge < -0.3 is 9.47 Å². The molecular formula is C25H21NO4. The number of ether oxygens (including phenoxy) is 2. The third kappa shape index (κ3) is 4.54. The fourth-order valence-electron chi connectivity index (χ4n) is 2.91. The Balaban J connectivity index is 2.12. The lowest BCUT2D eigenvalue weighted by Gasteiger charge is -2.11. The summed E-state index contributed by atoms with van der Waals surface area (Å²) in [6.07, 6.45) is 0. The topological polar surface area (TPSA) is 65.0 Å². The molecule has 30 heavy (non-hydrogen) atoms. The van der Waals surface area contributed by atoms with Gasteiger partial charge in [0.05, 0.1) is 25.6 Å². The Morgan fingerprint density at radius 3 is 1.83 bits per heavy atom. The highest BCUT2D eigenvalue weighted by Gasteiger charge is 2.22. The first-order valence-electron chi connectivity index (χ1n) is 9.30. The molecule has 0 atom stereocenters. The average Bonchev–Trinajstić information content (AvgIpc) is 2.80. The maximum atomic E-state index is 13.1. The minimum atomic E-state index is -0.462. The van der Waals surface area contributed by atoms with Crippen LogP contribution in [0.2, 0.25) is 0 Å². The minimum absolute atomic E-state index is 0.145. The van der Waals surface area contributed by atoms with Gasteiger partial charge in [-0.1, -0.05) is 18.2 Å². The van der Waals surface area contributed by atoms with Gasteiger partial charge >= 0.3 is 0 Å². The lowest BCUT2D eigenvalue weighted by molar-refractivity contribution is 0.104. The summed E-state index contributed by atoms with van der Waals surface area (Å²) in [5.41, 5.74) is 2.65. The van der Waals surface area contributed by atoms with Crippen LogP contribution >= 0.6 is 0 Å². The summed E-state index contributed by atoms with van der Waals surface area (Å²) in [6.45, 7) is 1.92. The number of hydrogen-bond donors (Lipinski definition) is 0. The average molecular weight is 399 g/mol. The summed E-state index contributed by atoms with van der Waals surface area (Å²) in [5.74, 6) is 2.63. The third-order valence-corrected chi connectivity index (χ3v) is 4.63. The molecule has 0 N–H and O–H groups in total. The van der Waals surface area contributed by atoms with Gasteiger partial charge in [0.1, 0.15) is 23.0 Å². The van der Waals surface area contributed by atoms with E-state index in [9.17, 15) is 9.59 Å². The van der Waals surface area contributed by atoms with Crippen molar-refractivity contribution in [3.05, 3.63) is 95.1 Å². The summed E-state index contributed by atoms with van der Waals surface area (Å²) in [5, 5.41) is 0. The molecule has 3 aromatic carbocycles. The van der Waals surface area contributed by atoms with Gasteiger partial charge in [-0.2, -0.15) is 0 Å². The Hall–Kier alpha value is -3.95. The van der Waals surface area contributed by atoms with Gasteiger partial charge in [-0.25, -0.2) is 9.79 Å². The van der Waals surface area contributed by atoms with E-state index in [0.717, 1.165) is 5.56 Å². The van der Waals surface area contributed by atoms with Gasteiger partial charge in [0.15, 0.2) is 0 Å². The number of rotatable bonds is 7. The number of para-hydroxylation sites is 1. The highest BCUT2D eigenvalue weighted by Crippen LogP contribution is 2.24. The molecule has 0 fully saturated rings. The number of benzene rings is 3. The molecule has 3 aromatic rings. The predicted octanol–water partition coefficient (Wildman–Crippen LogP) is 4.77. The molecule has 0 radical (unpaired) electrons. The molecule has 0 amide bonds. The molecule has 5 heteroatoms. The smallest absolute Gasteiger partial charge is 0.206 e. The fraction of sp³-hybridized carbons (Fsp3) is 0.120. The number of aryl methyl sites for hydroxylation is 1. The van der Waals surface area contributed by atoms with Crippen LogP contribution in [-0.4, -0.2) is 31.7 Å². The van der Waals surface area contributed by atoms with E-state index >= 15 is 0 Å². The van der Waals surface area contributed by atoms with Gasteiger partial charge in [-0.15, -0.1) is 0 Å². The molecule has 0 saturated heterocycles. The first-order valence-corrected chi connectivity index (χ1v) is 9.30. The maximum Gasteiger partial charge on any atom is 0.206 e. The molecule has 0 aromatic heterocycles. The van der Waals surface area contributed by atoms with Crippen LogP contribution in [-0.2, 0) is 4.79 Å². The number of hydrogen-bond acceptors (Lipinski definition) is 5. The lowest BCUT2D eigenvalue weighted by atomic mass is 9.95. The molecule has 0 spiro atoms. The highest BCUT2D eigenvalue weighted by atomic mass is 16.5. The summed E-state index contributed by atoms with van der Waals surface area (Å²) >= 11 is 0. The van der Waals surface area contributed by atoms with Crippen molar-refractivity contribution in [2.75, 3.05) is 14.2 Å². The number of carbonyl (C=O) groups excluding carboxylic acids is 2. The maximum absolute atomic E-state index is 13.1. The van der Waals surface area contributed by atoms with Crippen LogP contribution in [0.3, 0.4) is 0 Å². The van der Waals surface area contributed by atoms with Gasteiger partial charge in [-0.3, -0.25) is 4.79 Å². The summed E-state index contributed by atoms with van der Waals surface area (Å²) in [4.78, 5) is 29.8. The van der Waals surface area contributed by atoms with Gasteiger partial charge in [0.2, 0.25) is 5.78 Å². The molecule has 0 heterocycles. The Labute approximate surface area is 175 Å². The first kappa shape index (κ1) is 20.8. The molecule has 0 bridgehead atoms. The van der Waals surface area contributed by atoms with Crippen molar-refractivity contribution in [1.29, 1.82) is 0 Å². The standard InChI is InChI=1S/C25H21NO4/c1-17-6-4-5-7-23(17)26-24(18-8-12-20(29-2)13-9-18)22(16-27)25(28)19-10-14-21(30-3)15-11-19/h4-15H,1-3H3. The minimum Gasteiger partial charge on any atom is -0.497 e. The van der Waals surface area contributed by atoms with E-state index in [2.05, 4.69) is 4.99 Å². The van der Waals surface area contributed by atoms with Crippen molar-refractivity contribution in [3.8, 4) is 11.5 Å². The van der Waals surface area contributed by atoms with Crippen LogP contribution in [0, 0.1) is 6.92 Å². The Bertz CT molecular complexity index is 1120. The second kappa shape index (κ2) is 9.50. The zero-order valence-electron chi connectivity index (χ0n) is 17.0.